The molecule has 0 unspecified atom stereocenters. The maximum atomic E-state index is 13.4. The van der Waals surface area contributed by atoms with Crippen LogP contribution in [0.15, 0.2) is 18.2 Å². The Hall–Kier alpha value is -1.96. The Labute approximate surface area is 115 Å². The number of hydrogen-bond donors (Lipinski definition) is 1. The zero-order valence-electron chi connectivity index (χ0n) is 11.1. The first-order valence-electron chi connectivity index (χ1n) is 5.54. The van der Waals surface area contributed by atoms with Crippen molar-refractivity contribution in [3.63, 3.8) is 0 Å². The Morgan fingerprint density at radius 2 is 1.95 bits per heavy atom. The number of nitrogens with one attached hydrogen (secondary N) is 1. The SMILES string of the molecule is COC(=O)c1cc(NC(=O)[C@H](C)S(C)(=O)=O)ccc1F. The van der Waals surface area contributed by atoms with E-state index in [0.717, 1.165) is 25.5 Å². The number of ether oxygens (including phenoxy) is 1. The van der Waals surface area contributed by atoms with Crippen LogP contribution < -0.4 is 5.32 Å². The maximum absolute atomic E-state index is 13.4. The van der Waals surface area contributed by atoms with Crippen molar-refractivity contribution in [2.75, 3.05) is 18.7 Å². The fourth-order valence-electron chi connectivity index (χ4n) is 1.31. The minimum Gasteiger partial charge on any atom is -0.465 e. The van der Waals surface area contributed by atoms with Crippen molar-refractivity contribution >= 4 is 27.4 Å². The molecule has 0 bridgehead atoms. The largest absolute Gasteiger partial charge is 0.465 e. The zero-order chi connectivity index (χ0) is 15.5. The van der Waals surface area contributed by atoms with E-state index >= 15 is 0 Å². The van der Waals surface area contributed by atoms with Crippen molar-refractivity contribution in [1.82, 2.24) is 0 Å². The van der Waals surface area contributed by atoms with Gasteiger partial charge in [0.1, 0.15) is 11.1 Å². The van der Waals surface area contributed by atoms with Crippen LogP contribution in [0.5, 0.6) is 0 Å². The average molecular weight is 303 g/mol. The second-order valence-electron chi connectivity index (χ2n) is 4.15. The third kappa shape index (κ3) is 3.77. The molecule has 0 fully saturated rings. The summed E-state index contributed by atoms with van der Waals surface area (Å²) < 4.78 is 40.3. The number of halogens is 1. The van der Waals surface area contributed by atoms with E-state index in [4.69, 9.17) is 0 Å². The van der Waals surface area contributed by atoms with Crippen LogP contribution in [0.4, 0.5) is 10.1 Å². The fraction of sp³-hybridized carbons (Fsp3) is 0.333. The molecule has 110 valence electrons. The zero-order valence-corrected chi connectivity index (χ0v) is 12.0. The monoisotopic (exact) mass is 303 g/mol. The molecule has 6 nitrogen and oxygen atoms in total. The lowest BCUT2D eigenvalue weighted by molar-refractivity contribution is -0.115. The van der Waals surface area contributed by atoms with Crippen molar-refractivity contribution in [3.8, 4) is 0 Å². The van der Waals surface area contributed by atoms with E-state index in [-0.39, 0.29) is 11.3 Å². The summed E-state index contributed by atoms with van der Waals surface area (Å²) in [6.07, 6.45) is 0.932. The van der Waals surface area contributed by atoms with Gasteiger partial charge in [-0.25, -0.2) is 17.6 Å². The van der Waals surface area contributed by atoms with Crippen LogP contribution >= 0.6 is 0 Å². The number of methoxy groups -OCH3 is 1. The average Bonchev–Trinajstić information content (AvgIpc) is 2.38. The van der Waals surface area contributed by atoms with Gasteiger partial charge in [-0.2, -0.15) is 0 Å². The van der Waals surface area contributed by atoms with E-state index in [0.29, 0.717) is 0 Å². The van der Waals surface area contributed by atoms with Gasteiger partial charge in [0.25, 0.3) is 0 Å². The predicted molar refractivity (Wildman–Crippen MR) is 70.7 cm³/mol. The second-order valence-corrected chi connectivity index (χ2v) is 6.51. The summed E-state index contributed by atoms with van der Waals surface area (Å²) in [5.74, 6) is -2.46. The van der Waals surface area contributed by atoms with Crippen molar-refractivity contribution in [1.29, 1.82) is 0 Å². The van der Waals surface area contributed by atoms with Gasteiger partial charge in [-0.05, 0) is 25.1 Å². The van der Waals surface area contributed by atoms with Crippen LogP contribution in [-0.2, 0) is 19.4 Å². The standard InChI is InChI=1S/C12H14FNO5S/c1-7(20(3,17)18)11(15)14-8-4-5-10(13)9(6-8)12(16)19-2/h4-7H,1-3H3,(H,14,15)/t7-/m0/s1. The number of carbonyl (C=O) groups is 2. The van der Waals surface area contributed by atoms with E-state index in [2.05, 4.69) is 10.1 Å². The summed E-state index contributed by atoms with van der Waals surface area (Å²) in [5.41, 5.74) is -0.246. The molecule has 0 saturated heterocycles. The lowest BCUT2D eigenvalue weighted by Crippen LogP contribution is -2.31. The number of hydrogen-bond acceptors (Lipinski definition) is 5. The van der Waals surface area contributed by atoms with Crippen LogP contribution in [0.2, 0.25) is 0 Å². The van der Waals surface area contributed by atoms with Crippen LogP contribution in [0, 0.1) is 5.82 Å². The van der Waals surface area contributed by atoms with Crippen molar-refractivity contribution in [2.45, 2.75) is 12.2 Å². The van der Waals surface area contributed by atoms with Gasteiger partial charge >= 0.3 is 5.97 Å². The maximum Gasteiger partial charge on any atom is 0.340 e. The van der Waals surface area contributed by atoms with Crippen LogP contribution in [0.1, 0.15) is 17.3 Å². The first kappa shape index (κ1) is 16.1. The number of amides is 1. The molecule has 0 spiro atoms. The molecule has 0 heterocycles. The highest BCUT2D eigenvalue weighted by Crippen LogP contribution is 2.16. The molecule has 1 aromatic rings. The van der Waals surface area contributed by atoms with Gasteiger partial charge in [0.15, 0.2) is 9.84 Å². The molecule has 0 aromatic heterocycles. The molecule has 0 aliphatic rings. The lowest BCUT2D eigenvalue weighted by atomic mass is 10.2. The quantitative estimate of drug-likeness (QED) is 0.838. The molecular weight excluding hydrogens is 289 g/mol. The van der Waals surface area contributed by atoms with Crippen molar-refractivity contribution in [3.05, 3.63) is 29.6 Å². The minimum absolute atomic E-state index is 0.104. The number of sulfone groups is 1. The molecule has 0 radical (unpaired) electrons. The predicted octanol–water partition coefficient (Wildman–Crippen LogP) is 0.984. The lowest BCUT2D eigenvalue weighted by Gasteiger charge is -2.11. The van der Waals surface area contributed by atoms with Crippen LogP contribution in [0.25, 0.3) is 0 Å². The molecule has 8 heteroatoms. The van der Waals surface area contributed by atoms with Crippen molar-refractivity contribution < 1.29 is 27.1 Å². The van der Waals surface area contributed by atoms with Gasteiger partial charge in [0.2, 0.25) is 5.91 Å². The van der Waals surface area contributed by atoms with Crippen LogP contribution in [0.3, 0.4) is 0 Å². The summed E-state index contributed by atoms with van der Waals surface area (Å²) in [4.78, 5) is 23.0. The Bertz CT molecular complexity index is 641. The van der Waals surface area contributed by atoms with E-state index in [1.807, 2.05) is 0 Å². The minimum atomic E-state index is -3.54. The van der Waals surface area contributed by atoms with Gasteiger partial charge in [-0.1, -0.05) is 0 Å². The Kier molecular flexibility index (Phi) is 4.83. The first-order chi connectivity index (χ1) is 9.16. The summed E-state index contributed by atoms with van der Waals surface area (Å²) >= 11 is 0. The Morgan fingerprint density at radius 3 is 2.45 bits per heavy atom. The molecule has 0 saturated carbocycles. The molecule has 1 aromatic carbocycles. The third-order valence-corrected chi connectivity index (χ3v) is 4.15. The normalized spacial score (nSPS) is 12.6. The van der Waals surface area contributed by atoms with Crippen molar-refractivity contribution in [2.24, 2.45) is 0 Å². The van der Waals surface area contributed by atoms with E-state index in [1.165, 1.54) is 13.0 Å². The number of benzene rings is 1. The van der Waals surface area contributed by atoms with E-state index in [9.17, 15) is 22.4 Å². The number of esters is 1. The first-order valence-corrected chi connectivity index (χ1v) is 7.50. The smallest absolute Gasteiger partial charge is 0.340 e. The van der Waals surface area contributed by atoms with Gasteiger partial charge in [0, 0.05) is 11.9 Å². The fourth-order valence-corrected chi connectivity index (χ4v) is 1.76. The number of anilines is 1. The highest BCUT2D eigenvalue weighted by Gasteiger charge is 2.24. The van der Waals surface area contributed by atoms with Gasteiger partial charge in [-0.3, -0.25) is 4.79 Å². The molecule has 1 amide bonds. The highest BCUT2D eigenvalue weighted by molar-refractivity contribution is 7.92. The van der Waals surface area contributed by atoms with E-state index < -0.39 is 32.8 Å². The molecular formula is C12H14FNO5S. The van der Waals surface area contributed by atoms with E-state index in [1.54, 1.807) is 0 Å². The van der Waals surface area contributed by atoms with Crippen LogP contribution in [-0.4, -0.2) is 38.9 Å². The summed E-state index contributed by atoms with van der Waals surface area (Å²) in [6.45, 7) is 1.23. The highest BCUT2D eigenvalue weighted by atomic mass is 32.2. The summed E-state index contributed by atoms with van der Waals surface area (Å²) in [7, 11) is -2.44. The van der Waals surface area contributed by atoms with Gasteiger partial charge in [0.05, 0.1) is 12.7 Å². The molecule has 0 aliphatic heterocycles. The van der Waals surface area contributed by atoms with Gasteiger partial charge in [-0.15, -0.1) is 0 Å². The topological polar surface area (TPSA) is 89.5 Å². The molecule has 20 heavy (non-hydrogen) atoms. The molecule has 0 aliphatic carbocycles. The molecule has 1 N–H and O–H groups in total. The Morgan fingerprint density at radius 1 is 1.35 bits per heavy atom. The van der Waals surface area contributed by atoms with Gasteiger partial charge < -0.3 is 10.1 Å². The Balaban J connectivity index is 3.00. The third-order valence-electron chi connectivity index (χ3n) is 2.65. The number of rotatable bonds is 4. The summed E-state index contributed by atoms with van der Waals surface area (Å²) in [5, 5.41) is 1.05. The number of carbonyl (C=O) groups excluding carboxylic acids is 2. The molecule has 1 rings (SSSR count). The molecule has 1 atom stereocenters. The summed E-state index contributed by atoms with van der Waals surface area (Å²) in [6, 6.07) is 3.27. The second kappa shape index (κ2) is 6.00.